The summed E-state index contributed by atoms with van der Waals surface area (Å²) in [5.41, 5.74) is 8.26. The minimum atomic E-state index is 0.222. The van der Waals surface area contributed by atoms with Crippen molar-refractivity contribution in [3.8, 4) is 0 Å². The highest BCUT2D eigenvalue weighted by Gasteiger charge is 2.35. The van der Waals surface area contributed by atoms with Gasteiger partial charge in [0.1, 0.15) is 5.52 Å². The Morgan fingerprint density at radius 3 is 2.80 bits per heavy atom. The molecule has 2 aromatic rings. The fourth-order valence-electron chi connectivity index (χ4n) is 3.08. The van der Waals surface area contributed by atoms with E-state index in [0.717, 1.165) is 17.6 Å². The second-order valence-electron chi connectivity index (χ2n) is 5.93. The van der Waals surface area contributed by atoms with E-state index in [2.05, 4.69) is 29.3 Å². The van der Waals surface area contributed by atoms with Gasteiger partial charge in [0.15, 0.2) is 5.58 Å². The number of hydrogen-bond donors (Lipinski definition) is 2. The van der Waals surface area contributed by atoms with Crippen LogP contribution in [-0.4, -0.2) is 36.1 Å². The predicted octanol–water partition coefficient (Wildman–Crippen LogP) is 2.70. The average molecular weight is 274 g/mol. The number of likely N-dealkylation sites (N-methyl/N-ethyl adjacent to an activating group) is 1. The largest absolute Gasteiger partial charge is 0.424 e. The summed E-state index contributed by atoms with van der Waals surface area (Å²) in [5, 5.41) is 3.36. The smallest absolute Gasteiger partial charge is 0.295 e. The quantitative estimate of drug-likeness (QED) is 0.839. The van der Waals surface area contributed by atoms with Gasteiger partial charge in [-0.15, -0.1) is 0 Å². The number of anilines is 2. The first-order valence-electron chi connectivity index (χ1n) is 7.16. The summed E-state index contributed by atoms with van der Waals surface area (Å²) in [6, 6.07) is 6.11. The van der Waals surface area contributed by atoms with Crippen LogP contribution in [0, 0.1) is 0 Å². The van der Waals surface area contributed by atoms with E-state index < -0.39 is 0 Å². The van der Waals surface area contributed by atoms with E-state index in [1.54, 1.807) is 0 Å². The molecule has 1 fully saturated rings. The van der Waals surface area contributed by atoms with Crippen molar-refractivity contribution in [2.75, 3.05) is 31.7 Å². The van der Waals surface area contributed by atoms with Gasteiger partial charge in [0.05, 0.1) is 0 Å². The first-order valence-corrected chi connectivity index (χ1v) is 7.16. The van der Waals surface area contributed by atoms with Crippen LogP contribution >= 0.6 is 0 Å². The van der Waals surface area contributed by atoms with Crippen LogP contribution in [0.2, 0.25) is 0 Å². The van der Waals surface area contributed by atoms with Gasteiger partial charge < -0.3 is 20.4 Å². The SMILES string of the molecule is CN(C)C1(CNc2nc3cc(N)ccc3o2)CCCC1. The minimum absolute atomic E-state index is 0.222. The normalized spacial score (nSPS) is 17.9. The van der Waals surface area contributed by atoms with E-state index in [9.17, 15) is 0 Å². The van der Waals surface area contributed by atoms with Gasteiger partial charge in [-0.3, -0.25) is 0 Å². The maximum atomic E-state index is 5.76. The molecule has 1 aliphatic carbocycles. The molecule has 1 saturated carbocycles. The summed E-state index contributed by atoms with van der Waals surface area (Å²) < 4.78 is 5.71. The second kappa shape index (κ2) is 4.98. The van der Waals surface area contributed by atoms with Crippen LogP contribution in [0.15, 0.2) is 22.6 Å². The third kappa shape index (κ3) is 2.33. The monoisotopic (exact) mass is 274 g/mol. The Kier molecular flexibility index (Phi) is 3.30. The molecule has 20 heavy (non-hydrogen) atoms. The Bertz CT molecular complexity index is 599. The van der Waals surface area contributed by atoms with Crippen LogP contribution in [0.3, 0.4) is 0 Å². The van der Waals surface area contributed by atoms with Gasteiger partial charge in [0.2, 0.25) is 0 Å². The molecular formula is C15H22N4O. The van der Waals surface area contributed by atoms with E-state index >= 15 is 0 Å². The van der Waals surface area contributed by atoms with Crippen molar-refractivity contribution in [2.45, 2.75) is 31.2 Å². The highest BCUT2D eigenvalue weighted by atomic mass is 16.4. The van der Waals surface area contributed by atoms with Crippen LogP contribution in [0.4, 0.5) is 11.7 Å². The molecule has 1 aromatic carbocycles. The van der Waals surface area contributed by atoms with Crippen LogP contribution in [-0.2, 0) is 0 Å². The first kappa shape index (κ1) is 13.2. The second-order valence-corrected chi connectivity index (χ2v) is 5.93. The summed E-state index contributed by atoms with van der Waals surface area (Å²) in [5.74, 6) is 0. The number of nitrogen functional groups attached to an aromatic ring is 1. The molecule has 108 valence electrons. The molecule has 0 saturated heterocycles. The average Bonchev–Trinajstić information content (AvgIpc) is 3.02. The van der Waals surface area contributed by atoms with E-state index in [1.807, 2.05) is 18.2 Å². The molecule has 0 bridgehead atoms. The number of hydrogen-bond acceptors (Lipinski definition) is 5. The molecule has 0 atom stereocenters. The van der Waals surface area contributed by atoms with Gasteiger partial charge >= 0.3 is 0 Å². The Labute approximate surface area is 119 Å². The number of oxazole rings is 1. The Morgan fingerprint density at radius 1 is 1.35 bits per heavy atom. The molecule has 5 heteroatoms. The highest BCUT2D eigenvalue weighted by Crippen LogP contribution is 2.34. The molecule has 0 radical (unpaired) electrons. The zero-order chi connectivity index (χ0) is 14.2. The van der Waals surface area contributed by atoms with E-state index in [1.165, 1.54) is 25.7 Å². The minimum Gasteiger partial charge on any atom is -0.424 e. The topological polar surface area (TPSA) is 67.3 Å². The number of aromatic nitrogens is 1. The number of nitrogens with two attached hydrogens (primary N) is 1. The molecule has 3 N–H and O–H groups in total. The van der Waals surface area contributed by atoms with Gasteiger partial charge in [-0.25, -0.2) is 0 Å². The Hall–Kier alpha value is -1.75. The van der Waals surface area contributed by atoms with Crippen molar-refractivity contribution in [1.29, 1.82) is 0 Å². The predicted molar refractivity (Wildman–Crippen MR) is 81.8 cm³/mol. The lowest BCUT2D eigenvalue weighted by molar-refractivity contribution is 0.171. The molecular weight excluding hydrogens is 252 g/mol. The molecule has 0 unspecified atom stereocenters. The van der Waals surface area contributed by atoms with Gasteiger partial charge in [0.25, 0.3) is 6.01 Å². The Morgan fingerprint density at radius 2 is 2.10 bits per heavy atom. The zero-order valence-electron chi connectivity index (χ0n) is 12.1. The van der Waals surface area contributed by atoms with Gasteiger partial charge in [-0.2, -0.15) is 4.98 Å². The van der Waals surface area contributed by atoms with E-state index in [0.29, 0.717) is 11.7 Å². The first-order chi connectivity index (χ1) is 9.59. The zero-order valence-corrected chi connectivity index (χ0v) is 12.1. The van der Waals surface area contributed by atoms with Crippen molar-refractivity contribution in [3.05, 3.63) is 18.2 Å². The molecule has 3 rings (SSSR count). The molecule has 5 nitrogen and oxygen atoms in total. The van der Waals surface area contributed by atoms with Gasteiger partial charge in [-0.1, -0.05) is 12.8 Å². The molecule has 1 heterocycles. The van der Waals surface area contributed by atoms with Crippen LogP contribution < -0.4 is 11.1 Å². The fourth-order valence-corrected chi connectivity index (χ4v) is 3.08. The van der Waals surface area contributed by atoms with Crippen molar-refractivity contribution in [1.82, 2.24) is 9.88 Å². The van der Waals surface area contributed by atoms with E-state index in [4.69, 9.17) is 10.2 Å². The summed E-state index contributed by atoms with van der Waals surface area (Å²) in [4.78, 5) is 6.78. The third-order valence-electron chi connectivity index (χ3n) is 4.46. The van der Waals surface area contributed by atoms with Crippen molar-refractivity contribution >= 4 is 22.8 Å². The number of nitrogens with zero attached hydrogens (tertiary/aromatic N) is 2. The number of nitrogens with one attached hydrogen (secondary N) is 1. The Balaban J connectivity index is 1.76. The van der Waals surface area contributed by atoms with Crippen molar-refractivity contribution in [2.24, 2.45) is 0 Å². The standard InChI is InChI=1S/C15H22N4O/c1-19(2)15(7-3-4-8-15)10-17-14-18-12-9-11(16)5-6-13(12)20-14/h5-6,9H,3-4,7-8,10,16H2,1-2H3,(H,17,18). The van der Waals surface area contributed by atoms with Gasteiger partial charge in [-0.05, 0) is 45.1 Å². The molecule has 1 aromatic heterocycles. The van der Waals surface area contributed by atoms with Crippen molar-refractivity contribution in [3.63, 3.8) is 0 Å². The summed E-state index contributed by atoms with van der Waals surface area (Å²) in [6.45, 7) is 0.863. The molecule has 0 aliphatic heterocycles. The molecule has 0 spiro atoms. The maximum Gasteiger partial charge on any atom is 0.295 e. The van der Waals surface area contributed by atoms with Crippen LogP contribution in [0.5, 0.6) is 0 Å². The number of rotatable bonds is 4. The summed E-state index contributed by atoms with van der Waals surface area (Å²) >= 11 is 0. The lowest BCUT2D eigenvalue weighted by Gasteiger charge is -2.36. The molecule has 0 amide bonds. The maximum absolute atomic E-state index is 5.76. The summed E-state index contributed by atoms with van der Waals surface area (Å²) in [7, 11) is 4.31. The van der Waals surface area contributed by atoms with Crippen molar-refractivity contribution < 1.29 is 4.42 Å². The molecule has 1 aliphatic rings. The van der Waals surface area contributed by atoms with Crippen LogP contribution in [0.1, 0.15) is 25.7 Å². The lowest BCUT2D eigenvalue weighted by Crippen LogP contribution is -2.47. The summed E-state index contributed by atoms with van der Waals surface area (Å²) in [6.07, 6.45) is 5.04. The van der Waals surface area contributed by atoms with Gasteiger partial charge in [0, 0.05) is 17.8 Å². The number of benzene rings is 1. The van der Waals surface area contributed by atoms with E-state index in [-0.39, 0.29) is 5.54 Å². The lowest BCUT2D eigenvalue weighted by atomic mass is 9.96. The number of fused-ring (bicyclic) bond motifs is 1. The highest BCUT2D eigenvalue weighted by molar-refractivity contribution is 5.78. The fraction of sp³-hybridized carbons (Fsp3) is 0.533. The third-order valence-corrected chi connectivity index (χ3v) is 4.46. The van der Waals surface area contributed by atoms with Crippen LogP contribution in [0.25, 0.3) is 11.1 Å².